The fourth-order valence-electron chi connectivity index (χ4n) is 0.733. The van der Waals surface area contributed by atoms with Gasteiger partial charge in [-0.3, -0.25) is 14.1 Å². The van der Waals surface area contributed by atoms with E-state index >= 15 is 0 Å². The third-order valence-electron chi connectivity index (χ3n) is 1.37. The fourth-order valence-corrected chi connectivity index (χ4v) is 1.43. The van der Waals surface area contributed by atoms with Gasteiger partial charge in [0.2, 0.25) is 5.91 Å². The van der Waals surface area contributed by atoms with Crippen LogP contribution in [0.25, 0.3) is 0 Å². The van der Waals surface area contributed by atoms with Crippen LogP contribution < -0.4 is 5.32 Å². The number of carbonyl (C=O) groups excluding carboxylic acids is 2. The molecule has 14 heavy (non-hydrogen) atoms. The van der Waals surface area contributed by atoms with Crippen molar-refractivity contribution in [2.24, 2.45) is 0 Å². The Morgan fingerprint density at radius 3 is 2.14 bits per heavy atom. The van der Waals surface area contributed by atoms with Crippen LogP contribution in [0.1, 0.15) is 13.8 Å². The molecule has 80 valence electrons. The van der Waals surface area contributed by atoms with E-state index < -0.39 is 26.7 Å². The molecule has 0 spiro atoms. The Hall–Kier alpha value is -1.21. The second-order valence-corrected chi connectivity index (χ2v) is 4.40. The molecule has 6 nitrogen and oxygen atoms in total. The van der Waals surface area contributed by atoms with Crippen molar-refractivity contribution in [2.75, 3.05) is 0 Å². The van der Waals surface area contributed by atoms with Crippen molar-refractivity contribution in [3.63, 3.8) is 0 Å². The first-order chi connectivity index (χ1) is 6.11. The summed E-state index contributed by atoms with van der Waals surface area (Å²) in [6.07, 6.45) is 0.888. The Balaban J connectivity index is 4.89. The molecule has 1 amide bonds. The average Bonchev–Trinajstić information content (AvgIpc) is 2.00. The molecule has 2 N–H and O–H groups in total. The Bertz CT molecular complexity index is 368. The monoisotopic (exact) mass is 221 g/mol. The lowest BCUT2D eigenvalue weighted by molar-refractivity contribution is -0.124. The molecule has 0 rings (SSSR count). The minimum Gasteiger partial charge on any atom is -0.339 e. The van der Waals surface area contributed by atoms with Gasteiger partial charge < -0.3 is 5.32 Å². The number of rotatable bonds is 3. The van der Waals surface area contributed by atoms with E-state index in [1.807, 2.05) is 0 Å². The lowest BCUT2D eigenvalue weighted by Gasteiger charge is -2.21. The molecule has 0 saturated carbocycles. The van der Waals surface area contributed by atoms with Gasteiger partial charge in [-0.1, -0.05) is 6.58 Å². The summed E-state index contributed by atoms with van der Waals surface area (Å²) in [5.74, 6) is -0.702. The summed E-state index contributed by atoms with van der Waals surface area (Å²) in [5, 5.41) is 0.595. The first-order valence-electron chi connectivity index (χ1n) is 3.58. The second kappa shape index (κ2) is 3.89. The number of hydrogen-bond donors (Lipinski definition) is 2. The Morgan fingerprint density at radius 1 is 1.43 bits per heavy atom. The minimum atomic E-state index is -4.80. The third-order valence-corrected chi connectivity index (χ3v) is 2.34. The van der Waals surface area contributed by atoms with E-state index in [4.69, 9.17) is 4.55 Å². The molecule has 0 aliphatic rings. The Kier molecular flexibility index (Phi) is 3.55. The summed E-state index contributed by atoms with van der Waals surface area (Å²) in [5.41, 5.74) is -1.68. The lowest BCUT2D eigenvalue weighted by Crippen LogP contribution is -2.51. The SMILES string of the molecule is C=CC(=O)NC(C)(C)C(=O)S(=O)(=O)O. The van der Waals surface area contributed by atoms with Crippen LogP contribution >= 0.6 is 0 Å². The first kappa shape index (κ1) is 12.8. The predicted molar refractivity (Wildman–Crippen MR) is 49.0 cm³/mol. The fraction of sp³-hybridized carbons (Fsp3) is 0.429. The zero-order valence-electron chi connectivity index (χ0n) is 7.77. The smallest absolute Gasteiger partial charge is 0.331 e. The van der Waals surface area contributed by atoms with Crippen LogP contribution in [-0.4, -0.2) is 29.5 Å². The highest BCUT2D eigenvalue weighted by atomic mass is 32.2. The van der Waals surface area contributed by atoms with Gasteiger partial charge in [0, 0.05) is 0 Å². The average molecular weight is 221 g/mol. The molecule has 0 aliphatic carbocycles. The molecular weight excluding hydrogens is 210 g/mol. The molecule has 0 saturated heterocycles. The Morgan fingerprint density at radius 2 is 1.86 bits per heavy atom. The van der Waals surface area contributed by atoms with Gasteiger partial charge in [-0.05, 0) is 19.9 Å². The van der Waals surface area contributed by atoms with Crippen LogP contribution in [0.2, 0.25) is 0 Å². The molecule has 0 aromatic heterocycles. The van der Waals surface area contributed by atoms with Crippen LogP contribution in [0.15, 0.2) is 12.7 Å². The van der Waals surface area contributed by atoms with Crippen molar-refractivity contribution in [1.29, 1.82) is 0 Å². The van der Waals surface area contributed by atoms with Gasteiger partial charge in [0.15, 0.2) is 0 Å². The van der Waals surface area contributed by atoms with Crippen LogP contribution in [-0.2, 0) is 19.7 Å². The van der Waals surface area contributed by atoms with E-state index in [-0.39, 0.29) is 0 Å². The van der Waals surface area contributed by atoms with Gasteiger partial charge in [0.05, 0.1) is 0 Å². The van der Waals surface area contributed by atoms with Gasteiger partial charge in [-0.2, -0.15) is 8.42 Å². The highest BCUT2D eigenvalue weighted by Crippen LogP contribution is 2.08. The summed E-state index contributed by atoms with van der Waals surface area (Å²) in [7, 11) is -4.80. The normalized spacial score (nSPS) is 11.9. The maximum Gasteiger partial charge on any atom is 0.331 e. The summed E-state index contributed by atoms with van der Waals surface area (Å²) in [4.78, 5) is 21.9. The van der Waals surface area contributed by atoms with Gasteiger partial charge in [0.1, 0.15) is 5.54 Å². The standard InChI is InChI=1S/C7H11NO5S/c1-4-5(9)8-7(2,3)6(10)14(11,12)13/h4H,1H2,2-3H3,(H,8,9)(H,11,12,13). The second-order valence-electron chi connectivity index (χ2n) is 3.08. The van der Waals surface area contributed by atoms with E-state index in [2.05, 4.69) is 11.9 Å². The molecule has 0 bridgehead atoms. The van der Waals surface area contributed by atoms with Gasteiger partial charge in [-0.15, -0.1) is 0 Å². The van der Waals surface area contributed by atoms with Crippen molar-refractivity contribution in [3.05, 3.63) is 12.7 Å². The van der Waals surface area contributed by atoms with Crippen molar-refractivity contribution in [1.82, 2.24) is 5.32 Å². The molecular formula is C7H11NO5S. The number of nitrogens with one attached hydrogen (secondary N) is 1. The van der Waals surface area contributed by atoms with Crippen molar-refractivity contribution >= 4 is 21.1 Å². The number of hydrogen-bond acceptors (Lipinski definition) is 4. The third kappa shape index (κ3) is 3.27. The minimum absolute atomic E-state index is 0.702. The van der Waals surface area contributed by atoms with Crippen LogP contribution in [0.5, 0.6) is 0 Å². The maximum absolute atomic E-state index is 11.1. The van der Waals surface area contributed by atoms with Gasteiger partial charge >= 0.3 is 10.1 Å². The largest absolute Gasteiger partial charge is 0.339 e. The van der Waals surface area contributed by atoms with Gasteiger partial charge in [-0.25, -0.2) is 0 Å². The molecule has 0 unspecified atom stereocenters. The first-order valence-corrected chi connectivity index (χ1v) is 5.02. The highest BCUT2D eigenvalue weighted by Gasteiger charge is 2.37. The molecule has 0 radical (unpaired) electrons. The summed E-state index contributed by atoms with van der Waals surface area (Å²) in [6, 6.07) is 0. The maximum atomic E-state index is 11.1. The Labute approximate surface area is 81.7 Å². The zero-order chi connectivity index (χ0) is 11.6. The van der Waals surface area contributed by atoms with Crippen molar-refractivity contribution < 1.29 is 22.6 Å². The van der Waals surface area contributed by atoms with Crippen LogP contribution in [0, 0.1) is 0 Å². The summed E-state index contributed by atoms with van der Waals surface area (Å²) < 4.78 is 29.4. The van der Waals surface area contributed by atoms with E-state index in [1.54, 1.807) is 0 Å². The van der Waals surface area contributed by atoms with Crippen LogP contribution in [0.4, 0.5) is 0 Å². The lowest BCUT2D eigenvalue weighted by atomic mass is 10.1. The highest BCUT2D eigenvalue weighted by molar-refractivity contribution is 8.01. The van der Waals surface area contributed by atoms with E-state index in [0.717, 1.165) is 19.9 Å². The molecule has 0 aliphatic heterocycles. The summed E-state index contributed by atoms with van der Waals surface area (Å²) in [6.45, 7) is 5.45. The number of carbonyl (C=O) groups is 2. The zero-order valence-corrected chi connectivity index (χ0v) is 8.59. The topological polar surface area (TPSA) is 101 Å². The molecule has 0 atom stereocenters. The molecule has 0 aromatic rings. The molecule has 7 heteroatoms. The quantitative estimate of drug-likeness (QED) is 0.493. The van der Waals surface area contributed by atoms with Crippen LogP contribution in [0.3, 0.4) is 0 Å². The predicted octanol–water partition coefficient (Wildman–Crippen LogP) is -0.518. The molecule has 0 aromatic carbocycles. The van der Waals surface area contributed by atoms with Crippen molar-refractivity contribution in [2.45, 2.75) is 19.4 Å². The molecule has 0 fully saturated rings. The van der Waals surface area contributed by atoms with E-state index in [0.29, 0.717) is 0 Å². The van der Waals surface area contributed by atoms with Crippen molar-refractivity contribution in [3.8, 4) is 0 Å². The number of amides is 1. The van der Waals surface area contributed by atoms with Gasteiger partial charge in [0.25, 0.3) is 5.12 Å². The van der Waals surface area contributed by atoms with E-state index in [1.165, 1.54) is 0 Å². The van der Waals surface area contributed by atoms with E-state index in [9.17, 15) is 18.0 Å². The summed E-state index contributed by atoms with van der Waals surface area (Å²) >= 11 is 0. The molecule has 0 heterocycles.